The van der Waals surface area contributed by atoms with E-state index < -0.39 is 13.0 Å². The molecule has 1 aliphatic heterocycles. The molecule has 1 aliphatic rings. The average molecular weight is 431 g/mol. The molecular weight excluding hydrogens is 398 g/mol. The summed E-state index contributed by atoms with van der Waals surface area (Å²) in [6.07, 6.45) is -0.354. The minimum absolute atomic E-state index is 0.380. The van der Waals surface area contributed by atoms with Crippen LogP contribution in [0.5, 0.6) is 5.75 Å². The summed E-state index contributed by atoms with van der Waals surface area (Å²) < 4.78 is 29.8. The van der Waals surface area contributed by atoms with Crippen molar-refractivity contribution in [2.45, 2.75) is 45.3 Å². The van der Waals surface area contributed by atoms with Gasteiger partial charge in [-0.05, 0) is 43.0 Å². The van der Waals surface area contributed by atoms with Crippen molar-refractivity contribution in [3.63, 3.8) is 0 Å². The topological polar surface area (TPSA) is 48.9 Å². The van der Waals surface area contributed by atoms with Gasteiger partial charge in [0.15, 0.2) is 5.96 Å². The Morgan fingerprint density at radius 1 is 1.10 bits per heavy atom. The number of aliphatic imine (C=N–C) groups is 1. The number of likely N-dealkylation sites (tertiary alicyclic amines) is 1. The smallest absolute Gasteiger partial charge is 0.272 e. The monoisotopic (exact) mass is 430 g/mol. The lowest BCUT2D eigenvalue weighted by Crippen LogP contribution is -2.48. The van der Waals surface area contributed by atoms with Crippen molar-refractivity contribution >= 4 is 5.96 Å². The highest BCUT2D eigenvalue weighted by atomic mass is 19.3. The first-order valence-corrected chi connectivity index (χ1v) is 10.9. The van der Waals surface area contributed by atoms with Crippen LogP contribution >= 0.6 is 0 Å². The Hall–Kier alpha value is -2.67. The van der Waals surface area contributed by atoms with Crippen molar-refractivity contribution in [3.05, 3.63) is 65.7 Å². The highest BCUT2D eigenvalue weighted by Gasteiger charge is 2.20. The predicted molar refractivity (Wildman–Crippen MR) is 121 cm³/mol. The molecular formula is C24H32F2N4O. The van der Waals surface area contributed by atoms with Gasteiger partial charge in [0, 0.05) is 32.2 Å². The average Bonchev–Trinajstić information content (AvgIpc) is 2.78. The molecule has 1 fully saturated rings. The quantitative estimate of drug-likeness (QED) is 0.466. The van der Waals surface area contributed by atoms with Gasteiger partial charge in [-0.1, -0.05) is 42.5 Å². The third-order valence-corrected chi connectivity index (χ3v) is 5.22. The first-order valence-electron chi connectivity index (χ1n) is 10.9. The van der Waals surface area contributed by atoms with E-state index in [1.165, 1.54) is 5.56 Å². The number of benzene rings is 2. The highest BCUT2D eigenvalue weighted by Crippen LogP contribution is 2.16. The molecule has 5 nitrogen and oxygen atoms in total. The van der Waals surface area contributed by atoms with E-state index in [9.17, 15) is 8.78 Å². The number of ether oxygens (including phenoxy) is 1. The molecule has 168 valence electrons. The normalized spacial score (nSPS) is 15.8. The third kappa shape index (κ3) is 8.17. The van der Waals surface area contributed by atoms with Crippen molar-refractivity contribution in [3.8, 4) is 5.75 Å². The van der Waals surface area contributed by atoms with Crippen molar-refractivity contribution in [2.24, 2.45) is 4.99 Å². The second-order valence-corrected chi connectivity index (χ2v) is 7.73. The third-order valence-electron chi connectivity index (χ3n) is 5.22. The molecule has 2 aromatic rings. The van der Waals surface area contributed by atoms with Gasteiger partial charge in [0.25, 0.3) is 6.43 Å². The number of piperidine rings is 1. The fourth-order valence-electron chi connectivity index (χ4n) is 3.65. The second-order valence-electron chi connectivity index (χ2n) is 7.73. The van der Waals surface area contributed by atoms with Crippen LogP contribution in [0.25, 0.3) is 0 Å². The van der Waals surface area contributed by atoms with E-state index in [-0.39, 0.29) is 0 Å². The van der Waals surface area contributed by atoms with Gasteiger partial charge in [-0.15, -0.1) is 0 Å². The molecule has 0 bridgehead atoms. The number of rotatable bonds is 9. The van der Waals surface area contributed by atoms with Gasteiger partial charge in [-0.2, -0.15) is 0 Å². The lowest BCUT2D eigenvalue weighted by Gasteiger charge is -2.33. The molecule has 1 heterocycles. The van der Waals surface area contributed by atoms with E-state index in [1.807, 2.05) is 19.1 Å². The molecule has 31 heavy (non-hydrogen) atoms. The Balaban J connectivity index is 1.49. The van der Waals surface area contributed by atoms with Crippen LogP contribution in [-0.4, -0.2) is 49.6 Å². The zero-order chi connectivity index (χ0) is 21.9. The molecule has 0 atom stereocenters. The Morgan fingerprint density at radius 2 is 1.84 bits per heavy atom. The second kappa shape index (κ2) is 12.2. The fraction of sp³-hybridized carbons (Fsp3) is 0.458. The molecule has 2 N–H and O–H groups in total. The van der Waals surface area contributed by atoms with Crippen LogP contribution in [0, 0.1) is 0 Å². The number of guanidine groups is 1. The molecule has 0 unspecified atom stereocenters. The number of alkyl halides is 2. The number of hydrogen-bond donors (Lipinski definition) is 2. The molecule has 0 radical (unpaired) electrons. The van der Waals surface area contributed by atoms with E-state index in [1.54, 1.807) is 18.2 Å². The van der Waals surface area contributed by atoms with Crippen molar-refractivity contribution in [1.82, 2.24) is 15.5 Å². The summed E-state index contributed by atoms with van der Waals surface area (Å²) in [6.45, 7) is 5.76. The van der Waals surface area contributed by atoms with Crippen LogP contribution in [0.4, 0.5) is 8.78 Å². The van der Waals surface area contributed by atoms with Crippen LogP contribution in [0.2, 0.25) is 0 Å². The summed E-state index contributed by atoms with van der Waals surface area (Å²) in [5.74, 6) is 1.22. The van der Waals surface area contributed by atoms with E-state index in [2.05, 4.69) is 44.8 Å². The van der Waals surface area contributed by atoms with Gasteiger partial charge >= 0.3 is 0 Å². The van der Waals surface area contributed by atoms with Crippen LogP contribution in [0.3, 0.4) is 0 Å². The molecule has 0 saturated carbocycles. The van der Waals surface area contributed by atoms with E-state index in [0.29, 0.717) is 18.3 Å². The van der Waals surface area contributed by atoms with Crippen LogP contribution in [0.1, 0.15) is 30.9 Å². The Labute approximate surface area is 183 Å². The molecule has 7 heteroatoms. The minimum atomic E-state index is -2.48. The molecule has 2 aromatic carbocycles. The van der Waals surface area contributed by atoms with E-state index in [4.69, 9.17) is 4.74 Å². The molecule has 0 aromatic heterocycles. The molecule has 0 amide bonds. The number of halogens is 2. The lowest BCUT2D eigenvalue weighted by molar-refractivity contribution is 0.0818. The van der Waals surface area contributed by atoms with Gasteiger partial charge < -0.3 is 15.4 Å². The number of nitrogens with zero attached hydrogens (tertiary/aromatic N) is 2. The molecule has 3 rings (SSSR count). The number of nitrogens with one attached hydrogen (secondary N) is 2. The Bertz CT molecular complexity index is 808. The Morgan fingerprint density at radius 3 is 2.55 bits per heavy atom. The number of hydrogen-bond acceptors (Lipinski definition) is 3. The molecule has 0 aliphatic carbocycles. The van der Waals surface area contributed by atoms with E-state index >= 15 is 0 Å². The summed E-state index contributed by atoms with van der Waals surface area (Å²) in [5, 5.41) is 6.85. The van der Waals surface area contributed by atoms with Gasteiger partial charge in [0.2, 0.25) is 0 Å². The Kier molecular flexibility index (Phi) is 9.09. The standard InChI is InChI=1S/C24H32F2N4O/c1-2-27-24(28-16-20-9-6-10-22(15-20)31-18-23(25)26)29-21-11-13-30(14-12-21)17-19-7-4-3-5-8-19/h3-10,15,21,23H,2,11-14,16-18H2,1H3,(H2,27,28,29). The summed E-state index contributed by atoms with van der Waals surface area (Å²) in [7, 11) is 0. The zero-order valence-electron chi connectivity index (χ0n) is 18.1. The van der Waals surface area contributed by atoms with Crippen molar-refractivity contribution in [1.29, 1.82) is 0 Å². The van der Waals surface area contributed by atoms with Crippen molar-refractivity contribution < 1.29 is 13.5 Å². The maximum absolute atomic E-state index is 12.3. The first-order chi connectivity index (χ1) is 15.1. The summed E-state index contributed by atoms with van der Waals surface area (Å²) in [5.41, 5.74) is 2.27. The van der Waals surface area contributed by atoms with Crippen LogP contribution in [0.15, 0.2) is 59.6 Å². The van der Waals surface area contributed by atoms with Gasteiger partial charge in [0.1, 0.15) is 12.4 Å². The van der Waals surface area contributed by atoms with Crippen LogP contribution in [-0.2, 0) is 13.1 Å². The largest absolute Gasteiger partial charge is 0.488 e. The van der Waals surface area contributed by atoms with Crippen molar-refractivity contribution in [2.75, 3.05) is 26.2 Å². The summed E-state index contributed by atoms with van der Waals surface area (Å²) >= 11 is 0. The lowest BCUT2D eigenvalue weighted by atomic mass is 10.0. The summed E-state index contributed by atoms with van der Waals surface area (Å²) in [6, 6.07) is 18.1. The fourth-order valence-corrected chi connectivity index (χ4v) is 3.65. The minimum Gasteiger partial charge on any atom is -0.488 e. The first kappa shape index (κ1) is 23.0. The van der Waals surface area contributed by atoms with Gasteiger partial charge in [-0.25, -0.2) is 13.8 Å². The van der Waals surface area contributed by atoms with Gasteiger partial charge in [-0.3, -0.25) is 4.90 Å². The predicted octanol–water partition coefficient (Wildman–Crippen LogP) is 4.05. The SMILES string of the molecule is CCNC(=NCc1cccc(OCC(F)F)c1)NC1CCN(Cc2ccccc2)CC1. The van der Waals surface area contributed by atoms with E-state index in [0.717, 1.165) is 50.5 Å². The zero-order valence-corrected chi connectivity index (χ0v) is 18.1. The molecule has 0 spiro atoms. The summed E-state index contributed by atoms with van der Waals surface area (Å²) in [4.78, 5) is 7.17. The maximum atomic E-state index is 12.3. The highest BCUT2D eigenvalue weighted by molar-refractivity contribution is 5.80. The molecule has 1 saturated heterocycles. The van der Waals surface area contributed by atoms with Gasteiger partial charge in [0.05, 0.1) is 6.54 Å². The maximum Gasteiger partial charge on any atom is 0.272 e. The van der Waals surface area contributed by atoms with Crippen LogP contribution < -0.4 is 15.4 Å².